The number of nitrogens with zero attached hydrogens (tertiary/aromatic N) is 4. The van der Waals surface area contributed by atoms with E-state index in [0.29, 0.717) is 34.8 Å². The van der Waals surface area contributed by atoms with Gasteiger partial charge in [-0.15, -0.1) is 0 Å². The number of hydrogen-bond acceptors (Lipinski definition) is 7. The molecule has 0 bridgehead atoms. The summed E-state index contributed by atoms with van der Waals surface area (Å²) in [6.07, 6.45) is 4.89. The van der Waals surface area contributed by atoms with Gasteiger partial charge in [-0.25, -0.2) is 15.0 Å². The molecule has 134 valence electrons. The van der Waals surface area contributed by atoms with Crippen LogP contribution in [0.25, 0.3) is 10.9 Å². The molecule has 27 heavy (non-hydrogen) atoms. The third kappa shape index (κ3) is 4.04. The maximum absolute atomic E-state index is 5.95. The molecule has 0 radical (unpaired) electrons. The molecule has 3 aromatic heterocycles. The zero-order valence-electron chi connectivity index (χ0n) is 14.2. The van der Waals surface area contributed by atoms with Gasteiger partial charge >= 0.3 is 0 Å². The zero-order valence-corrected chi connectivity index (χ0v) is 15.0. The van der Waals surface area contributed by atoms with Crippen LogP contribution in [0.15, 0.2) is 61.1 Å². The molecule has 4 N–H and O–H groups in total. The van der Waals surface area contributed by atoms with Crippen LogP contribution in [0.3, 0.4) is 0 Å². The molecule has 0 unspecified atom stereocenters. The number of halogens is 1. The Morgan fingerprint density at radius 1 is 0.963 bits per heavy atom. The normalized spacial score (nSPS) is 10.7. The minimum absolute atomic E-state index is 0.326. The molecule has 7 nitrogen and oxygen atoms in total. The average Bonchev–Trinajstić information content (AvgIpc) is 2.70. The average molecular weight is 378 g/mol. The van der Waals surface area contributed by atoms with Crippen molar-refractivity contribution in [3.63, 3.8) is 0 Å². The fourth-order valence-electron chi connectivity index (χ4n) is 2.59. The van der Waals surface area contributed by atoms with E-state index in [0.717, 1.165) is 16.5 Å². The summed E-state index contributed by atoms with van der Waals surface area (Å²) in [4.78, 5) is 17.2. The van der Waals surface area contributed by atoms with Crippen LogP contribution in [0.5, 0.6) is 0 Å². The predicted octanol–water partition coefficient (Wildman–Crippen LogP) is 4.01. The number of nitrogens with two attached hydrogens (primary N) is 1. The summed E-state index contributed by atoms with van der Waals surface area (Å²) in [5, 5.41) is 7.95. The Bertz CT molecular complexity index is 1080. The van der Waals surface area contributed by atoms with E-state index in [1.54, 1.807) is 30.7 Å². The number of pyridine rings is 2. The molecule has 0 atom stereocenters. The molecule has 3 heterocycles. The summed E-state index contributed by atoms with van der Waals surface area (Å²) < 4.78 is 0. The zero-order chi connectivity index (χ0) is 18.6. The Labute approximate surface area is 160 Å². The lowest BCUT2D eigenvalue weighted by atomic mass is 10.1. The quantitative estimate of drug-likeness (QED) is 0.483. The Morgan fingerprint density at radius 3 is 2.74 bits per heavy atom. The van der Waals surface area contributed by atoms with E-state index < -0.39 is 0 Å². The summed E-state index contributed by atoms with van der Waals surface area (Å²) in [6.45, 7) is 0.562. The highest BCUT2D eigenvalue weighted by Gasteiger charge is 2.06. The minimum atomic E-state index is 0.326. The van der Waals surface area contributed by atoms with Crippen molar-refractivity contribution >= 4 is 45.8 Å². The van der Waals surface area contributed by atoms with E-state index in [2.05, 4.69) is 36.6 Å². The molecular formula is C19H16ClN7. The highest BCUT2D eigenvalue weighted by Crippen LogP contribution is 2.20. The van der Waals surface area contributed by atoms with Crippen LogP contribution in [0.2, 0.25) is 5.02 Å². The maximum atomic E-state index is 5.95. The van der Waals surface area contributed by atoms with E-state index >= 15 is 0 Å². The first-order valence-corrected chi connectivity index (χ1v) is 8.64. The van der Waals surface area contributed by atoms with Gasteiger partial charge in [0.25, 0.3) is 0 Å². The number of fused-ring (bicyclic) bond motifs is 1. The SMILES string of the molecule is Nc1ncc(Nc2ccc(Cl)cn2)nc1NCc1ccc2ncccc2c1. The molecule has 0 aliphatic heterocycles. The van der Waals surface area contributed by atoms with Crippen molar-refractivity contribution in [2.45, 2.75) is 6.54 Å². The van der Waals surface area contributed by atoms with Gasteiger partial charge in [-0.2, -0.15) is 0 Å². The van der Waals surface area contributed by atoms with Gasteiger partial charge in [0, 0.05) is 24.3 Å². The lowest BCUT2D eigenvalue weighted by Crippen LogP contribution is -2.08. The molecule has 4 rings (SSSR count). The first-order chi connectivity index (χ1) is 13.2. The first kappa shape index (κ1) is 17.0. The van der Waals surface area contributed by atoms with Crippen molar-refractivity contribution in [1.29, 1.82) is 0 Å². The van der Waals surface area contributed by atoms with Gasteiger partial charge in [0.15, 0.2) is 17.5 Å². The molecule has 4 aromatic rings. The topological polar surface area (TPSA) is 102 Å². The minimum Gasteiger partial charge on any atom is -0.381 e. The molecule has 8 heteroatoms. The van der Waals surface area contributed by atoms with Gasteiger partial charge in [-0.3, -0.25) is 4.98 Å². The van der Waals surface area contributed by atoms with Crippen molar-refractivity contribution in [2.75, 3.05) is 16.4 Å². The number of rotatable bonds is 5. The smallest absolute Gasteiger partial charge is 0.171 e. The molecular weight excluding hydrogens is 362 g/mol. The van der Waals surface area contributed by atoms with E-state index in [-0.39, 0.29) is 0 Å². The van der Waals surface area contributed by atoms with Crippen molar-refractivity contribution in [3.8, 4) is 0 Å². The fourth-order valence-corrected chi connectivity index (χ4v) is 2.70. The highest BCUT2D eigenvalue weighted by molar-refractivity contribution is 6.30. The van der Waals surface area contributed by atoms with Crippen molar-refractivity contribution in [2.24, 2.45) is 0 Å². The lowest BCUT2D eigenvalue weighted by molar-refractivity contribution is 1.09. The second kappa shape index (κ2) is 7.43. The van der Waals surface area contributed by atoms with Gasteiger partial charge in [0.2, 0.25) is 0 Å². The Kier molecular flexibility index (Phi) is 4.67. The van der Waals surface area contributed by atoms with Gasteiger partial charge < -0.3 is 16.4 Å². The molecule has 1 aromatic carbocycles. The number of nitrogen functional groups attached to an aromatic ring is 1. The monoisotopic (exact) mass is 377 g/mol. The summed E-state index contributed by atoms with van der Waals surface area (Å²) >= 11 is 5.85. The van der Waals surface area contributed by atoms with Crippen LogP contribution in [0.1, 0.15) is 5.56 Å². The van der Waals surface area contributed by atoms with E-state index in [9.17, 15) is 0 Å². The number of anilines is 4. The molecule has 0 amide bonds. The van der Waals surface area contributed by atoms with E-state index in [1.165, 1.54) is 0 Å². The van der Waals surface area contributed by atoms with Crippen LogP contribution in [0.4, 0.5) is 23.3 Å². The first-order valence-electron chi connectivity index (χ1n) is 8.26. The number of aromatic nitrogens is 4. The number of hydrogen-bond donors (Lipinski definition) is 3. The summed E-state index contributed by atoms with van der Waals surface area (Å²) in [5.41, 5.74) is 8.00. The maximum Gasteiger partial charge on any atom is 0.171 e. The number of nitrogens with one attached hydrogen (secondary N) is 2. The van der Waals surface area contributed by atoms with Crippen LogP contribution in [-0.4, -0.2) is 19.9 Å². The highest BCUT2D eigenvalue weighted by atomic mass is 35.5. The largest absolute Gasteiger partial charge is 0.381 e. The lowest BCUT2D eigenvalue weighted by Gasteiger charge is -2.11. The summed E-state index contributed by atoms with van der Waals surface area (Å²) in [5.74, 6) is 1.98. The Morgan fingerprint density at radius 2 is 1.89 bits per heavy atom. The van der Waals surface area contributed by atoms with Gasteiger partial charge in [0.05, 0.1) is 16.7 Å². The summed E-state index contributed by atoms with van der Waals surface area (Å²) in [6, 6.07) is 13.6. The third-order valence-corrected chi connectivity index (χ3v) is 4.14. The molecule has 0 saturated carbocycles. The second-order valence-electron chi connectivity index (χ2n) is 5.86. The Balaban J connectivity index is 1.49. The summed E-state index contributed by atoms with van der Waals surface area (Å²) in [7, 11) is 0. The van der Waals surface area contributed by atoms with Crippen LogP contribution >= 0.6 is 11.6 Å². The molecule has 0 saturated heterocycles. The number of benzene rings is 1. The fraction of sp³-hybridized carbons (Fsp3) is 0.0526. The van der Waals surface area contributed by atoms with Crippen molar-refractivity contribution in [1.82, 2.24) is 19.9 Å². The van der Waals surface area contributed by atoms with Crippen molar-refractivity contribution < 1.29 is 0 Å². The second-order valence-corrected chi connectivity index (χ2v) is 6.30. The predicted molar refractivity (Wildman–Crippen MR) is 108 cm³/mol. The molecule has 0 aliphatic carbocycles. The van der Waals surface area contributed by atoms with E-state index in [1.807, 2.05) is 24.3 Å². The van der Waals surface area contributed by atoms with Gasteiger partial charge in [-0.1, -0.05) is 23.7 Å². The third-order valence-electron chi connectivity index (χ3n) is 3.91. The van der Waals surface area contributed by atoms with Crippen molar-refractivity contribution in [3.05, 3.63) is 71.6 Å². The molecule has 0 spiro atoms. The standard InChI is InChI=1S/C19H16ClN7/c20-14-4-6-16(23-10-14)26-17-11-24-18(21)19(27-17)25-9-12-3-5-15-13(8-12)2-1-7-22-15/h1-8,10-11H,9H2,(H2,21,24)(H2,23,25,26,27). The van der Waals surface area contributed by atoms with Gasteiger partial charge in [0.1, 0.15) is 5.82 Å². The molecule has 0 fully saturated rings. The van der Waals surface area contributed by atoms with E-state index in [4.69, 9.17) is 17.3 Å². The molecule has 0 aliphatic rings. The van der Waals surface area contributed by atoms with Crippen LogP contribution in [0, 0.1) is 0 Å². The van der Waals surface area contributed by atoms with Crippen LogP contribution < -0.4 is 16.4 Å². The Hall–Kier alpha value is -3.45. The van der Waals surface area contributed by atoms with Crippen LogP contribution in [-0.2, 0) is 6.54 Å². The van der Waals surface area contributed by atoms with Gasteiger partial charge in [-0.05, 0) is 35.9 Å².